The highest BCUT2D eigenvalue weighted by Gasteiger charge is 2.18. The Hall–Kier alpha value is -1.70. The third kappa shape index (κ3) is 3.38. The van der Waals surface area contributed by atoms with Gasteiger partial charge >= 0.3 is 11.8 Å². The Kier molecular flexibility index (Phi) is 4.38. The molecule has 0 radical (unpaired) electrons. The lowest BCUT2D eigenvalue weighted by Crippen LogP contribution is -2.03. The molecular weight excluding hydrogens is 294 g/mol. The van der Waals surface area contributed by atoms with Crippen LogP contribution in [0, 0.1) is 10.1 Å². The van der Waals surface area contributed by atoms with Gasteiger partial charge in [0.05, 0.1) is 17.8 Å². The average Bonchev–Trinajstić information content (AvgIpc) is 2.60. The van der Waals surface area contributed by atoms with Crippen LogP contribution < -0.4 is 0 Å². The van der Waals surface area contributed by atoms with Crippen molar-refractivity contribution in [3.05, 3.63) is 32.4 Å². The molecule has 0 saturated carbocycles. The molecule has 0 bridgehead atoms. The van der Waals surface area contributed by atoms with Crippen LogP contribution in [0.5, 0.6) is 0 Å². The summed E-state index contributed by atoms with van der Waals surface area (Å²) in [5.41, 5.74) is 0.249. The van der Waals surface area contributed by atoms with Gasteiger partial charge in [0.1, 0.15) is 4.47 Å². The van der Waals surface area contributed by atoms with Crippen molar-refractivity contribution in [2.24, 2.45) is 0 Å². The third-order valence-corrected chi connectivity index (χ3v) is 2.61. The van der Waals surface area contributed by atoms with E-state index < -0.39 is 10.9 Å². The highest BCUT2D eigenvalue weighted by atomic mass is 79.9. The Morgan fingerprint density at radius 3 is 2.82 bits per heavy atom. The number of nitrogens with zero attached hydrogens (tertiary/aromatic N) is 3. The summed E-state index contributed by atoms with van der Waals surface area (Å²) in [6.45, 7) is 1.91. The van der Waals surface area contributed by atoms with Crippen molar-refractivity contribution in [2.75, 3.05) is 0 Å². The van der Waals surface area contributed by atoms with E-state index in [9.17, 15) is 14.9 Å². The molecule has 0 aromatic carbocycles. The standard InChI is InChI=1S/C9H10BrN3O4/c1-2-6(9(14)15)3-4-12-5-7(10)8(11-12)13(16)17/h3,5H,2,4H2,1H3,(H,14,15). The topological polar surface area (TPSA) is 98.3 Å². The molecule has 1 rings (SSSR count). The molecule has 0 atom stereocenters. The van der Waals surface area contributed by atoms with E-state index in [4.69, 9.17) is 5.11 Å². The van der Waals surface area contributed by atoms with Gasteiger partial charge in [-0.15, -0.1) is 0 Å². The molecule has 0 fully saturated rings. The highest BCUT2D eigenvalue weighted by molar-refractivity contribution is 9.10. The van der Waals surface area contributed by atoms with E-state index in [-0.39, 0.29) is 22.4 Å². The summed E-state index contributed by atoms with van der Waals surface area (Å²) in [6, 6.07) is 0. The van der Waals surface area contributed by atoms with E-state index in [1.807, 2.05) is 0 Å². The molecule has 0 aliphatic heterocycles. The third-order valence-electron chi connectivity index (χ3n) is 2.05. The van der Waals surface area contributed by atoms with Crippen LogP contribution in [0.4, 0.5) is 5.82 Å². The van der Waals surface area contributed by atoms with Crippen LogP contribution >= 0.6 is 15.9 Å². The first-order chi connectivity index (χ1) is 7.95. The molecule has 0 aliphatic carbocycles. The molecule has 1 N–H and O–H groups in total. The second kappa shape index (κ2) is 5.58. The van der Waals surface area contributed by atoms with Crippen molar-refractivity contribution >= 4 is 27.7 Å². The predicted octanol–water partition coefficient (Wildman–Crippen LogP) is 1.97. The van der Waals surface area contributed by atoms with Crippen LogP contribution in [0.1, 0.15) is 13.3 Å². The van der Waals surface area contributed by atoms with E-state index in [1.54, 1.807) is 6.92 Å². The number of carboxylic acids is 1. The number of allylic oxidation sites excluding steroid dienone is 1. The van der Waals surface area contributed by atoms with Crippen LogP contribution in [-0.4, -0.2) is 25.8 Å². The molecule has 0 saturated heterocycles. The predicted molar refractivity (Wildman–Crippen MR) is 62.6 cm³/mol. The number of aliphatic carboxylic acids is 1. The lowest BCUT2D eigenvalue weighted by atomic mass is 10.2. The minimum Gasteiger partial charge on any atom is -0.478 e. The van der Waals surface area contributed by atoms with Gasteiger partial charge in [-0.25, -0.2) is 4.79 Å². The largest absolute Gasteiger partial charge is 0.478 e. The fraction of sp³-hybridized carbons (Fsp3) is 0.333. The van der Waals surface area contributed by atoms with Crippen LogP contribution in [0.2, 0.25) is 0 Å². The number of nitro groups is 1. The number of carbonyl (C=O) groups is 1. The van der Waals surface area contributed by atoms with Gasteiger partial charge in [0, 0.05) is 5.57 Å². The molecule has 17 heavy (non-hydrogen) atoms. The smallest absolute Gasteiger partial charge is 0.404 e. The Labute approximate surface area is 105 Å². The van der Waals surface area contributed by atoms with E-state index in [0.717, 1.165) is 0 Å². The number of hydrogen-bond acceptors (Lipinski definition) is 4. The summed E-state index contributed by atoms with van der Waals surface area (Å²) >= 11 is 3.01. The minimum atomic E-state index is -0.992. The van der Waals surface area contributed by atoms with E-state index in [1.165, 1.54) is 17.0 Å². The molecule has 0 spiro atoms. The number of rotatable bonds is 5. The van der Waals surface area contributed by atoms with Gasteiger partial charge in [-0.2, -0.15) is 4.68 Å². The number of halogens is 1. The first kappa shape index (κ1) is 13.4. The molecule has 0 aliphatic rings. The molecule has 1 aromatic rings. The molecule has 8 heteroatoms. The summed E-state index contributed by atoms with van der Waals surface area (Å²) in [4.78, 5) is 20.6. The Morgan fingerprint density at radius 1 is 1.76 bits per heavy atom. The van der Waals surface area contributed by atoms with Gasteiger partial charge in [-0.05, 0) is 27.3 Å². The highest BCUT2D eigenvalue weighted by Crippen LogP contribution is 2.22. The normalized spacial score (nSPS) is 11.5. The lowest BCUT2D eigenvalue weighted by molar-refractivity contribution is -0.390. The van der Waals surface area contributed by atoms with Gasteiger partial charge in [0.25, 0.3) is 0 Å². The fourth-order valence-electron chi connectivity index (χ4n) is 1.19. The summed E-state index contributed by atoms with van der Waals surface area (Å²) in [7, 11) is 0. The Bertz CT molecular complexity index is 481. The van der Waals surface area contributed by atoms with Crippen molar-refractivity contribution in [3.63, 3.8) is 0 Å². The molecule has 0 amide bonds. The molecule has 0 unspecified atom stereocenters. The van der Waals surface area contributed by atoms with Gasteiger partial charge in [0.2, 0.25) is 0 Å². The van der Waals surface area contributed by atoms with Crippen LogP contribution in [0.3, 0.4) is 0 Å². The number of hydrogen-bond donors (Lipinski definition) is 1. The zero-order chi connectivity index (χ0) is 13.0. The summed E-state index contributed by atoms with van der Waals surface area (Å²) < 4.78 is 1.57. The molecular formula is C9H10BrN3O4. The van der Waals surface area contributed by atoms with Crippen LogP contribution in [-0.2, 0) is 11.3 Å². The molecule has 7 nitrogen and oxygen atoms in total. The second-order valence-electron chi connectivity index (χ2n) is 3.17. The maximum atomic E-state index is 10.7. The van der Waals surface area contributed by atoms with Gasteiger partial charge in [-0.1, -0.05) is 13.0 Å². The minimum absolute atomic E-state index is 0.182. The maximum Gasteiger partial charge on any atom is 0.404 e. The van der Waals surface area contributed by atoms with Crippen LogP contribution in [0.25, 0.3) is 0 Å². The van der Waals surface area contributed by atoms with E-state index in [2.05, 4.69) is 21.0 Å². The first-order valence-corrected chi connectivity index (χ1v) is 5.54. The van der Waals surface area contributed by atoms with Crippen molar-refractivity contribution in [1.29, 1.82) is 0 Å². The molecule has 1 aromatic heterocycles. The van der Waals surface area contributed by atoms with Crippen molar-refractivity contribution in [3.8, 4) is 0 Å². The maximum absolute atomic E-state index is 10.7. The number of aromatic nitrogens is 2. The zero-order valence-electron chi connectivity index (χ0n) is 8.96. The molecule has 92 valence electrons. The summed E-state index contributed by atoms with van der Waals surface area (Å²) in [6.07, 6.45) is 3.30. The first-order valence-electron chi connectivity index (χ1n) is 4.75. The quantitative estimate of drug-likeness (QED) is 0.509. The molecule has 1 heterocycles. The van der Waals surface area contributed by atoms with Crippen LogP contribution in [0.15, 0.2) is 22.3 Å². The zero-order valence-corrected chi connectivity index (χ0v) is 10.5. The monoisotopic (exact) mass is 303 g/mol. The van der Waals surface area contributed by atoms with Crippen molar-refractivity contribution < 1.29 is 14.8 Å². The Balaban J connectivity index is 2.86. The fourth-order valence-corrected chi connectivity index (χ4v) is 1.65. The van der Waals surface area contributed by atoms with Gasteiger partial charge in [-0.3, -0.25) is 0 Å². The van der Waals surface area contributed by atoms with Crippen molar-refractivity contribution in [1.82, 2.24) is 9.78 Å². The SMILES string of the molecule is CCC(=CCn1cc(Br)c([N+](=O)[O-])n1)C(=O)O. The van der Waals surface area contributed by atoms with Gasteiger partial charge < -0.3 is 15.2 Å². The summed E-state index contributed by atoms with van der Waals surface area (Å²) in [5.74, 6) is -1.28. The number of carboxylic acid groups (broad SMARTS) is 1. The average molecular weight is 304 g/mol. The van der Waals surface area contributed by atoms with E-state index >= 15 is 0 Å². The van der Waals surface area contributed by atoms with Gasteiger partial charge in [0.15, 0.2) is 0 Å². The van der Waals surface area contributed by atoms with Crippen molar-refractivity contribution in [2.45, 2.75) is 19.9 Å². The van der Waals surface area contributed by atoms with E-state index in [0.29, 0.717) is 6.42 Å². The Morgan fingerprint density at radius 2 is 2.41 bits per heavy atom. The lowest BCUT2D eigenvalue weighted by Gasteiger charge is -1.96. The summed E-state index contributed by atoms with van der Waals surface area (Å²) in [5, 5.41) is 23.0. The second-order valence-corrected chi connectivity index (χ2v) is 4.02.